The first-order chi connectivity index (χ1) is 9.16. The average molecular weight is 318 g/mol. The van der Waals surface area contributed by atoms with Gasteiger partial charge in [0.2, 0.25) is 0 Å². The maximum atomic E-state index is 12.6. The van der Waals surface area contributed by atoms with Crippen LogP contribution in [-0.4, -0.2) is 12.4 Å². The number of rotatable bonds is 2. The summed E-state index contributed by atoms with van der Waals surface area (Å²) in [5.74, 6) is 0.639. The Morgan fingerprint density at radius 2 is 2.05 bits per heavy atom. The van der Waals surface area contributed by atoms with Crippen LogP contribution in [-0.2, 0) is 6.42 Å². The molecule has 0 fully saturated rings. The van der Waals surface area contributed by atoms with Crippen LogP contribution >= 0.6 is 15.9 Å². The Bertz CT molecular complexity index is 667. The third-order valence-corrected chi connectivity index (χ3v) is 3.89. The van der Waals surface area contributed by atoms with Gasteiger partial charge in [-0.1, -0.05) is 28.1 Å². The topological polar surface area (TPSA) is 52.3 Å². The van der Waals surface area contributed by atoms with Crippen LogP contribution in [0.15, 0.2) is 40.9 Å². The van der Waals surface area contributed by atoms with Gasteiger partial charge in [0.05, 0.1) is 12.2 Å². The molecule has 0 aromatic heterocycles. The monoisotopic (exact) mass is 317 g/mol. The molecule has 3 rings (SSSR count). The lowest BCUT2D eigenvalue weighted by molar-refractivity contribution is 0.103. The van der Waals surface area contributed by atoms with Crippen molar-refractivity contribution in [1.29, 1.82) is 0 Å². The van der Waals surface area contributed by atoms with Crippen molar-refractivity contribution < 1.29 is 9.53 Å². The molecule has 0 amide bonds. The van der Waals surface area contributed by atoms with E-state index < -0.39 is 0 Å². The van der Waals surface area contributed by atoms with Gasteiger partial charge in [0.1, 0.15) is 5.75 Å². The Morgan fingerprint density at radius 1 is 1.21 bits per heavy atom. The fourth-order valence-electron chi connectivity index (χ4n) is 2.26. The van der Waals surface area contributed by atoms with Crippen LogP contribution in [0.4, 0.5) is 5.69 Å². The van der Waals surface area contributed by atoms with Crippen molar-refractivity contribution in [2.45, 2.75) is 6.42 Å². The third-order valence-electron chi connectivity index (χ3n) is 3.19. The highest BCUT2D eigenvalue weighted by Gasteiger charge is 2.22. The van der Waals surface area contributed by atoms with Crippen LogP contribution in [0.2, 0.25) is 0 Å². The van der Waals surface area contributed by atoms with Crippen molar-refractivity contribution in [3.63, 3.8) is 0 Å². The number of benzene rings is 2. The van der Waals surface area contributed by atoms with Crippen LogP contribution in [0.25, 0.3) is 0 Å². The third kappa shape index (κ3) is 2.12. The molecule has 1 aliphatic rings. The van der Waals surface area contributed by atoms with Gasteiger partial charge in [-0.25, -0.2) is 0 Å². The first kappa shape index (κ1) is 12.2. The van der Waals surface area contributed by atoms with Gasteiger partial charge in [-0.05, 0) is 29.8 Å². The Balaban J connectivity index is 2.10. The highest BCUT2D eigenvalue weighted by molar-refractivity contribution is 9.10. The van der Waals surface area contributed by atoms with Crippen molar-refractivity contribution in [3.05, 3.63) is 57.6 Å². The highest BCUT2D eigenvalue weighted by atomic mass is 79.9. The van der Waals surface area contributed by atoms with Crippen LogP contribution in [0, 0.1) is 0 Å². The van der Waals surface area contributed by atoms with E-state index in [-0.39, 0.29) is 5.78 Å². The number of hydrogen-bond acceptors (Lipinski definition) is 3. The summed E-state index contributed by atoms with van der Waals surface area (Å²) >= 11 is 3.39. The molecule has 0 unspecified atom stereocenters. The molecule has 3 nitrogen and oxygen atoms in total. The lowest BCUT2D eigenvalue weighted by atomic mass is 9.99. The molecular formula is C15H12BrNO2. The number of halogens is 1. The van der Waals surface area contributed by atoms with E-state index in [9.17, 15) is 4.79 Å². The summed E-state index contributed by atoms with van der Waals surface area (Å²) in [6, 6.07) is 10.9. The van der Waals surface area contributed by atoms with E-state index in [1.165, 1.54) is 0 Å². The zero-order valence-corrected chi connectivity index (χ0v) is 11.7. The predicted octanol–water partition coefficient (Wildman–Crippen LogP) is 3.20. The quantitative estimate of drug-likeness (QED) is 0.683. The van der Waals surface area contributed by atoms with E-state index in [0.717, 1.165) is 16.5 Å². The molecule has 0 radical (unpaired) electrons. The van der Waals surface area contributed by atoms with E-state index in [2.05, 4.69) is 15.9 Å². The molecule has 4 heteroatoms. The van der Waals surface area contributed by atoms with Gasteiger partial charge in [-0.3, -0.25) is 4.79 Å². The fourth-order valence-corrected chi connectivity index (χ4v) is 2.68. The molecule has 2 aromatic rings. The first-order valence-electron chi connectivity index (χ1n) is 6.01. The Morgan fingerprint density at radius 3 is 2.89 bits per heavy atom. The summed E-state index contributed by atoms with van der Waals surface area (Å²) in [6.45, 7) is 0.637. The molecule has 96 valence electrons. The van der Waals surface area contributed by atoms with Gasteiger partial charge >= 0.3 is 0 Å². The van der Waals surface area contributed by atoms with Crippen molar-refractivity contribution >= 4 is 27.4 Å². The number of para-hydroxylation sites is 1. The molecule has 0 atom stereocenters. The first-order valence-corrected chi connectivity index (χ1v) is 6.80. The van der Waals surface area contributed by atoms with Gasteiger partial charge in [0.25, 0.3) is 0 Å². The van der Waals surface area contributed by atoms with Crippen LogP contribution in [0.5, 0.6) is 5.75 Å². The standard InChI is InChI=1S/C15H12BrNO2/c16-13-5-4-10(17)8-12(13)14(18)11-3-1-2-9-6-7-19-15(9)11/h1-5,8H,6-7,17H2. The number of carbonyl (C=O) groups excluding carboxylic acids is 1. The number of ether oxygens (including phenoxy) is 1. The molecular weight excluding hydrogens is 306 g/mol. The smallest absolute Gasteiger partial charge is 0.197 e. The van der Waals surface area contributed by atoms with Gasteiger partial charge in [-0.2, -0.15) is 0 Å². The minimum atomic E-state index is -0.0714. The normalized spacial score (nSPS) is 12.9. The van der Waals surface area contributed by atoms with Crippen molar-refractivity contribution in [3.8, 4) is 5.75 Å². The predicted molar refractivity (Wildman–Crippen MR) is 77.6 cm³/mol. The second-order valence-corrected chi connectivity index (χ2v) is 5.32. The number of ketones is 1. The van der Waals surface area contributed by atoms with E-state index in [0.29, 0.717) is 29.2 Å². The molecule has 2 N–H and O–H groups in total. The molecule has 0 bridgehead atoms. The van der Waals surface area contributed by atoms with Crippen LogP contribution in [0.1, 0.15) is 21.5 Å². The number of anilines is 1. The molecule has 1 aliphatic heterocycles. The maximum Gasteiger partial charge on any atom is 0.197 e. The molecule has 0 spiro atoms. The fraction of sp³-hybridized carbons (Fsp3) is 0.133. The number of nitrogen functional groups attached to an aromatic ring is 1. The SMILES string of the molecule is Nc1ccc(Br)c(C(=O)c2cccc3c2OCC3)c1. The summed E-state index contributed by atoms with van der Waals surface area (Å²) < 4.78 is 6.31. The highest BCUT2D eigenvalue weighted by Crippen LogP contribution is 2.32. The van der Waals surface area contributed by atoms with Crippen LogP contribution in [0.3, 0.4) is 0 Å². The number of hydrogen-bond donors (Lipinski definition) is 1. The van der Waals surface area contributed by atoms with Gasteiger partial charge in [0.15, 0.2) is 5.78 Å². The lowest BCUT2D eigenvalue weighted by Crippen LogP contribution is -2.05. The average Bonchev–Trinajstić information content (AvgIpc) is 2.89. The van der Waals surface area contributed by atoms with E-state index in [1.807, 2.05) is 12.1 Å². The van der Waals surface area contributed by atoms with Crippen molar-refractivity contribution in [1.82, 2.24) is 0 Å². The van der Waals surface area contributed by atoms with E-state index >= 15 is 0 Å². The van der Waals surface area contributed by atoms with E-state index in [1.54, 1.807) is 24.3 Å². The van der Waals surface area contributed by atoms with Crippen molar-refractivity contribution in [2.75, 3.05) is 12.3 Å². The van der Waals surface area contributed by atoms with Gasteiger partial charge in [0, 0.05) is 22.1 Å². The summed E-state index contributed by atoms with van der Waals surface area (Å²) in [5, 5.41) is 0. The number of fused-ring (bicyclic) bond motifs is 1. The van der Waals surface area contributed by atoms with Crippen LogP contribution < -0.4 is 10.5 Å². The molecule has 1 heterocycles. The zero-order chi connectivity index (χ0) is 13.4. The van der Waals surface area contributed by atoms with E-state index in [4.69, 9.17) is 10.5 Å². The molecule has 0 saturated carbocycles. The summed E-state index contributed by atoms with van der Waals surface area (Å²) in [7, 11) is 0. The minimum absolute atomic E-state index is 0.0714. The summed E-state index contributed by atoms with van der Waals surface area (Å²) in [4.78, 5) is 12.6. The Labute approximate surface area is 119 Å². The largest absolute Gasteiger partial charge is 0.492 e. The zero-order valence-electron chi connectivity index (χ0n) is 10.2. The number of nitrogens with two attached hydrogens (primary N) is 1. The second kappa shape index (κ2) is 4.70. The lowest BCUT2D eigenvalue weighted by Gasteiger charge is -2.09. The maximum absolute atomic E-state index is 12.6. The van der Waals surface area contributed by atoms with Gasteiger partial charge in [-0.15, -0.1) is 0 Å². The molecule has 0 saturated heterocycles. The molecule has 0 aliphatic carbocycles. The molecule has 2 aromatic carbocycles. The Kier molecular flexibility index (Phi) is 3.03. The summed E-state index contributed by atoms with van der Waals surface area (Å²) in [6.07, 6.45) is 0.856. The van der Waals surface area contributed by atoms with Crippen molar-refractivity contribution in [2.24, 2.45) is 0 Å². The minimum Gasteiger partial charge on any atom is -0.492 e. The second-order valence-electron chi connectivity index (χ2n) is 4.46. The van der Waals surface area contributed by atoms with Gasteiger partial charge < -0.3 is 10.5 Å². The summed E-state index contributed by atoms with van der Waals surface area (Å²) in [5.41, 5.74) is 8.57. The Hall–Kier alpha value is -1.81. The number of carbonyl (C=O) groups is 1. The molecule has 19 heavy (non-hydrogen) atoms.